The lowest BCUT2D eigenvalue weighted by Crippen LogP contribution is -2.32. The van der Waals surface area contributed by atoms with Gasteiger partial charge in [-0.15, -0.1) is 0 Å². The Kier molecular flexibility index (Phi) is 4.35. The van der Waals surface area contributed by atoms with Gasteiger partial charge in [0.15, 0.2) is 5.82 Å². The van der Waals surface area contributed by atoms with Crippen molar-refractivity contribution in [2.24, 2.45) is 5.92 Å². The zero-order valence-corrected chi connectivity index (χ0v) is 13.1. The number of pyridine rings is 1. The topological polar surface area (TPSA) is 72.7 Å². The van der Waals surface area contributed by atoms with Gasteiger partial charge in [0, 0.05) is 18.8 Å². The van der Waals surface area contributed by atoms with E-state index in [-0.39, 0.29) is 17.9 Å². The summed E-state index contributed by atoms with van der Waals surface area (Å²) in [5, 5.41) is 7.41. The molecule has 0 bridgehead atoms. The molecule has 6 nitrogen and oxygen atoms in total. The van der Waals surface area contributed by atoms with Gasteiger partial charge >= 0.3 is 0 Å². The smallest absolute Gasteiger partial charge is 0.217 e. The van der Waals surface area contributed by atoms with E-state index in [2.05, 4.69) is 20.4 Å². The molecule has 0 aliphatic rings. The van der Waals surface area contributed by atoms with Crippen molar-refractivity contribution in [3.63, 3.8) is 0 Å². The van der Waals surface area contributed by atoms with Crippen LogP contribution in [0.1, 0.15) is 44.2 Å². The Bertz CT molecular complexity index is 647. The van der Waals surface area contributed by atoms with Crippen LogP contribution in [0.3, 0.4) is 0 Å². The fraction of sp³-hybridized carbons (Fsp3) is 0.467. The first-order chi connectivity index (χ1) is 9.88. The van der Waals surface area contributed by atoms with E-state index in [1.54, 1.807) is 10.9 Å². The number of rotatable bonds is 4. The molecule has 0 aliphatic carbocycles. The normalized spacial score (nSPS) is 12.5. The molecule has 1 N–H and O–H groups in total. The average molecular weight is 287 g/mol. The van der Waals surface area contributed by atoms with Crippen LogP contribution < -0.4 is 5.32 Å². The molecular weight excluding hydrogens is 266 g/mol. The number of aromatic nitrogens is 4. The molecule has 21 heavy (non-hydrogen) atoms. The summed E-state index contributed by atoms with van der Waals surface area (Å²) in [6.45, 7) is 9.39. The summed E-state index contributed by atoms with van der Waals surface area (Å²) >= 11 is 0. The molecule has 0 radical (unpaired) electrons. The van der Waals surface area contributed by atoms with Crippen molar-refractivity contribution in [3.8, 4) is 5.69 Å². The SMILES string of the molecule is CC(=O)NC(c1nc(C)nn1-c1ccnc(C)c1)C(C)C. The summed E-state index contributed by atoms with van der Waals surface area (Å²) in [5.41, 5.74) is 1.81. The first-order valence-corrected chi connectivity index (χ1v) is 7.02. The molecule has 1 amide bonds. The first kappa shape index (κ1) is 15.2. The summed E-state index contributed by atoms with van der Waals surface area (Å²) in [6, 6.07) is 3.65. The maximum atomic E-state index is 11.5. The number of nitrogens with one attached hydrogen (secondary N) is 1. The van der Waals surface area contributed by atoms with E-state index in [9.17, 15) is 4.79 Å². The maximum absolute atomic E-state index is 11.5. The van der Waals surface area contributed by atoms with E-state index in [4.69, 9.17) is 0 Å². The van der Waals surface area contributed by atoms with Gasteiger partial charge in [0.1, 0.15) is 5.82 Å². The van der Waals surface area contributed by atoms with Crippen molar-refractivity contribution in [2.75, 3.05) is 0 Å². The van der Waals surface area contributed by atoms with Crippen LogP contribution in [0.15, 0.2) is 18.3 Å². The lowest BCUT2D eigenvalue weighted by atomic mass is 10.0. The van der Waals surface area contributed by atoms with Crippen LogP contribution in [-0.2, 0) is 4.79 Å². The highest BCUT2D eigenvalue weighted by atomic mass is 16.1. The minimum Gasteiger partial charge on any atom is -0.346 e. The summed E-state index contributed by atoms with van der Waals surface area (Å²) < 4.78 is 1.78. The van der Waals surface area contributed by atoms with Crippen LogP contribution in [0.2, 0.25) is 0 Å². The van der Waals surface area contributed by atoms with E-state index in [1.165, 1.54) is 6.92 Å². The second kappa shape index (κ2) is 6.03. The van der Waals surface area contributed by atoms with Gasteiger partial charge in [0.2, 0.25) is 5.91 Å². The van der Waals surface area contributed by atoms with Gasteiger partial charge in [-0.2, -0.15) is 5.10 Å². The van der Waals surface area contributed by atoms with Crippen LogP contribution in [0.5, 0.6) is 0 Å². The van der Waals surface area contributed by atoms with Crippen molar-refractivity contribution >= 4 is 5.91 Å². The standard InChI is InChI=1S/C15H21N5O/c1-9(2)14(18-12(5)21)15-17-11(4)19-20(15)13-6-7-16-10(3)8-13/h6-9,14H,1-5H3,(H,18,21). The molecule has 0 saturated carbocycles. The predicted molar refractivity (Wildman–Crippen MR) is 80.0 cm³/mol. The first-order valence-electron chi connectivity index (χ1n) is 7.02. The molecule has 0 spiro atoms. The second-order valence-corrected chi connectivity index (χ2v) is 5.51. The number of nitrogens with zero attached hydrogens (tertiary/aromatic N) is 4. The second-order valence-electron chi connectivity index (χ2n) is 5.51. The molecule has 2 heterocycles. The average Bonchev–Trinajstić information content (AvgIpc) is 2.77. The van der Waals surface area contributed by atoms with Crippen molar-refractivity contribution in [1.29, 1.82) is 0 Å². The van der Waals surface area contributed by atoms with E-state index in [1.807, 2.05) is 39.8 Å². The van der Waals surface area contributed by atoms with Crippen LogP contribution in [0, 0.1) is 19.8 Å². The third kappa shape index (κ3) is 3.45. The van der Waals surface area contributed by atoms with E-state index in [0.29, 0.717) is 5.82 Å². The van der Waals surface area contributed by atoms with Gasteiger partial charge in [0.05, 0.1) is 11.7 Å². The monoisotopic (exact) mass is 287 g/mol. The zero-order chi connectivity index (χ0) is 15.6. The Morgan fingerprint density at radius 3 is 2.62 bits per heavy atom. The number of hydrogen-bond donors (Lipinski definition) is 1. The van der Waals surface area contributed by atoms with E-state index >= 15 is 0 Å². The van der Waals surface area contributed by atoms with Gasteiger partial charge in [-0.3, -0.25) is 9.78 Å². The maximum Gasteiger partial charge on any atom is 0.217 e. The highest BCUT2D eigenvalue weighted by Gasteiger charge is 2.24. The zero-order valence-electron chi connectivity index (χ0n) is 13.1. The number of hydrogen-bond acceptors (Lipinski definition) is 4. The number of aryl methyl sites for hydroxylation is 2. The molecule has 0 aliphatic heterocycles. The Morgan fingerprint density at radius 2 is 2.05 bits per heavy atom. The lowest BCUT2D eigenvalue weighted by Gasteiger charge is -2.21. The Morgan fingerprint density at radius 1 is 1.33 bits per heavy atom. The molecule has 1 unspecified atom stereocenters. The van der Waals surface area contributed by atoms with Crippen molar-refractivity contribution in [3.05, 3.63) is 35.7 Å². The Balaban J connectivity index is 2.51. The quantitative estimate of drug-likeness (QED) is 0.934. The molecule has 1 atom stereocenters. The van der Waals surface area contributed by atoms with Crippen molar-refractivity contribution < 1.29 is 4.79 Å². The molecule has 0 fully saturated rings. The molecule has 0 saturated heterocycles. The Hall–Kier alpha value is -2.24. The third-order valence-corrected chi connectivity index (χ3v) is 3.17. The van der Waals surface area contributed by atoms with E-state index in [0.717, 1.165) is 17.2 Å². The fourth-order valence-corrected chi connectivity index (χ4v) is 2.23. The largest absolute Gasteiger partial charge is 0.346 e. The summed E-state index contributed by atoms with van der Waals surface area (Å²) in [6.07, 6.45) is 1.74. The number of carbonyl (C=O) groups excluding carboxylic acids is 1. The fourth-order valence-electron chi connectivity index (χ4n) is 2.23. The van der Waals surface area contributed by atoms with E-state index < -0.39 is 0 Å². The summed E-state index contributed by atoms with van der Waals surface area (Å²) in [5.74, 6) is 1.55. The molecule has 2 aromatic rings. The van der Waals surface area contributed by atoms with Gasteiger partial charge in [0.25, 0.3) is 0 Å². The minimum absolute atomic E-state index is 0.0770. The highest BCUT2D eigenvalue weighted by Crippen LogP contribution is 2.23. The molecule has 112 valence electrons. The number of carbonyl (C=O) groups is 1. The lowest BCUT2D eigenvalue weighted by molar-refractivity contribution is -0.120. The molecular formula is C15H21N5O. The van der Waals surface area contributed by atoms with Gasteiger partial charge in [-0.05, 0) is 31.9 Å². The Labute approximate surface area is 124 Å². The number of amides is 1. The van der Waals surface area contributed by atoms with Gasteiger partial charge in [-0.25, -0.2) is 9.67 Å². The van der Waals surface area contributed by atoms with Gasteiger partial charge in [-0.1, -0.05) is 13.8 Å². The molecule has 2 rings (SSSR count). The predicted octanol–water partition coefficient (Wildman–Crippen LogP) is 2.11. The van der Waals surface area contributed by atoms with Crippen molar-refractivity contribution in [1.82, 2.24) is 25.1 Å². The highest BCUT2D eigenvalue weighted by molar-refractivity contribution is 5.73. The molecule has 2 aromatic heterocycles. The van der Waals surface area contributed by atoms with Crippen LogP contribution in [0.25, 0.3) is 5.69 Å². The van der Waals surface area contributed by atoms with Crippen molar-refractivity contribution in [2.45, 2.75) is 40.7 Å². The van der Waals surface area contributed by atoms with Crippen LogP contribution in [0.4, 0.5) is 0 Å². The van der Waals surface area contributed by atoms with Crippen LogP contribution >= 0.6 is 0 Å². The molecule has 0 aromatic carbocycles. The third-order valence-electron chi connectivity index (χ3n) is 3.17. The molecule has 6 heteroatoms. The minimum atomic E-state index is -0.183. The van der Waals surface area contributed by atoms with Crippen LogP contribution in [-0.4, -0.2) is 25.7 Å². The van der Waals surface area contributed by atoms with Gasteiger partial charge < -0.3 is 5.32 Å². The summed E-state index contributed by atoms with van der Waals surface area (Å²) in [7, 11) is 0. The summed E-state index contributed by atoms with van der Waals surface area (Å²) in [4.78, 5) is 20.2.